The summed E-state index contributed by atoms with van der Waals surface area (Å²) in [5.41, 5.74) is 7.86. The van der Waals surface area contributed by atoms with Crippen molar-refractivity contribution in [3.05, 3.63) is 70.2 Å². The molecule has 0 bridgehead atoms. The van der Waals surface area contributed by atoms with Crippen LogP contribution in [0.4, 0.5) is 4.79 Å². The van der Waals surface area contributed by atoms with E-state index in [1.165, 1.54) is 0 Å². The first-order valence-electron chi connectivity index (χ1n) is 8.63. The summed E-state index contributed by atoms with van der Waals surface area (Å²) in [6, 6.07) is 12.8. The monoisotopic (exact) mass is 403 g/mol. The lowest BCUT2D eigenvalue weighted by Crippen LogP contribution is -2.35. The first kappa shape index (κ1) is 21.2. The van der Waals surface area contributed by atoms with E-state index >= 15 is 0 Å². The number of carbonyl (C=O) groups excluding carboxylic acids is 3. The minimum Gasteiger partial charge on any atom is -0.456 e. The Hall–Kier alpha value is -3.06. The Morgan fingerprint density at radius 2 is 1.79 bits per heavy atom. The molecule has 2 rings (SSSR count). The molecule has 0 aliphatic carbocycles. The molecule has 3 amide bonds. The summed E-state index contributed by atoms with van der Waals surface area (Å²) in [5.74, 6) is -1.05. The van der Waals surface area contributed by atoms with Crippen molar-refractivity contribution < 1.29 is 19.1 Å². The number of esters is 1. The van der Waals surface area contributed by atoms with Crippen molar-refractivity contribution in [2.45, 2.75) is 25.9 Å². The first-order chi connectivity index (χ1) is 13.3. The lowest BCUT2D eigenvalue weighted by atomic mass is 10.0. The molecule has 8 heteroatoms. The highest BCUT2D eigenvalue weighted by Crippen LogP contribution is 2.20. The molecule has 0 aromatic heterocycles. The van der Waals surface area contributed by atoms with Gasteiger partial charge in [0.25, 0.3) is 5.91 Å². The van der Waals surface area contributed by atoms with Crippen LogP contribution in [-0.2, 0) is 20.9 Å². The fourth-order valence-corrected chi connectivity index (χ4v) is 2.67. The summed E-state index contributed by atoms with van der Waals surface area (Å²) >= 11 is 5.85. The number of primary amides is 1. The Balaban J connectivity index is 1.84. The quantitative estimate of drug-likeness (QED) is 0.588. The number of amides is 3. The highest BCUT2D eigenvalue weighted by Gasteiger charge is 2.19. The van der Waals surface area contributed by atoms with E-state index in [-0.39, 0.29) is 6.42 Å². The van der Waals surface area contributed by atoms with Gasteiger partial charge in [0.05, 0.1) is 12.5 Å². The van der Waals surface area contributed by atoms with Gasteiger partial charge in [-0.25, -0.2) is 4.79 Å². The van der Waals surface area contributed by atoms with Gasteiger partial charge < -0.3 is 21.1 Å². The molecule has 4 N–H and O–H groups in total. The number of halogens is 1. The second-order valence-electron chi connectivity index (χ2n) is 6.18. The van der Waals surface area contributed by atoms with E-state index < -0.39 is 30.6 Å². The zero-order valence-corrected chi connectivity index (χ0v) is 16.2. The fourth-order valence-electron chi connectivity index (χ4n) is 2.54. The zero-order chi connectivity index (χ0) is 20.5. The lowest BCUT2D eigenvalue weighted by molar-refractivity contribution is -0.149. The highest BCUT2D eigenvalue weighted by atomic mass is 35.5. The standard InChI is InChI=1S/C20H22ClN3O4/c1-13-4-2-3-5-15(13)11-23-18(25)12-28-19(26)10-17(24-20(22)27)14-6-8-16(21)9-7-14/h2-9,17H,10-12H2,1H3,(H,23,25)(H3,22,24,27)/t17-/m1/s1. The van der Waals surface area contributed by atoms with Crippen LogP contribution in [0.3, 0.4) is 0 Å². The molecule has 2 aromatic carbocycles. The minimum absolute atomic E-state index is 0.171. The lowest BCUT2D eigenvalue weighted by Gasteiger charge is -2.17. The number of urea groups is 1. The molecule has 0 saturated carbocycles. The van der Waals surface area contributed by atoms with E-state index in [0.717, 1.165) is 11.1 Å². The van der Waals surface area contributed by atoms with Crippen LogP contribution in [0.1, 0.15) is 29.2 Å². The maximum atomic E-state index is 12.1. The van der Waals surface area contributed by atoms with Crippen molar-refractivity contribution in [3.8, 4) is 0 Å². The maximum absolute atomic E-state index is 12.1. The third-order valence-corrected chi connectivity index (χ3v) is 4.31. The van der Waals surface area contributed by atoms with Crippen LogP contribution in [0.25, 0.3) is 0 Å². The molecule has 0 saturated heterocycles. The van der Waals surface area contributed by atoms with Crippen LogP contribution in [0.5, 0.6) is 0 Å². The number of nitrogens with one attached hydrogen (secondary N) is 2. The van der Waals surface area contributed by atoms with Crippen LogP contribution >= 0.6 is 11.6 Å². The van der Waals surface area contributed by atoms with Crippen LogP contribution < -0.4 is 16.4 Å². The SMILES string of the molecule is Cc1ccccc1CNC(=O)COC(=O)C[C@@H](NC(N)=O)c1ccc(Cl)cc1. The molecule has 7 nitrogen and oxygen atoms in total. The third kappa shape index (κ3) is 6.92. The predicted octanol–water partition coefficient (Wildman–Crippen LogP) is 2.61. The molecule has 0 spiro atoms. The second kappa shape index (κ2) is 10.3. The van der Waals surface area contributed by atoms with Gasteiger partial charge in [-0.15, -0.1) is 0 Å². The topological polar surface area (TPSA) is 111 Å². The van der Waals surface area contributed by atoms with Gasteiger partial charge in [-0.3, -0.25) is 9.59 Å². The van der Waals surface area contributed by atoms with Gasteiger partial charge in [0.2, 0.25) is 0 Å². The molecule has 1 atom stereocenters. The average Bonchev–Trinajstić information content (AvgIpc) is 2.65. The van der Waals surface area contributed by atoms with Crippen molar-refractivity contribution in [2.24, 2.45) is 5.73 Å². The Kier molecular flexibility index (Phi) is 7.83. The van der Waals surface area contributed by atoms with Crippen LogP contribution in [-0.4, -0.2) is 24.5 Å². The first-order valence-corrected chi connectivity index (χ1v) is 9.01. The van der Waals surface area contributed by atoms with Crippen molar-refractivity contribution in [1.82, 2.24) is 10.6 Å². The zero-order valence-electron chi connectivity index (χ0n) is 15.4. The number of benzene rings is 2. The number of rotatable bonds is 8. The van der Waals surface area contributed by atoms with E-state index in [0.29, 0.717) is 17.1 Å². The van der Waals surface area contributed by atoms with Gasteiger partial charge in [0, 0.05) is 11.6 Å². The molecule has 2 aromatic rings. The summed E-state index contributed by atoms with van der Waals surface area (Å²) in [5, 5.41) is 5.70. The highest BCUT2D eigenvalue weighted by molar-refractivity contribution is 6.30. The Labute approximate surface area is 168 Å². The molecule has 148 valence electrons. The smallest absolute Gasteiger partial charge is 0.312 e. The molecule has 0 aliphatic rings. The van der Waals surface area contributed by atoms with Gasteiger partial charge in [-0.05, 0) is 35.7 Å². The Bertz CT molecular complexity index is 840. The van der Waals surface area contributed by atoms with E-state index in [4.69, 9.17) is 22.1 Å². The van der Waals surface area contributed by atoms with Gasteiger partial charge in [0.15, 0.2) is 6.61 Å². The number of carbonyl (C=O) groups is 3. The van der Waals surface area contributed by atoms with Crippen molar-refractivity contribution in [1.29, 1.82) is 0 Å². The molecule has 28 heavy (non-hydrogen) atoms. The number of nitrogens with two attached hydrogens (primary N) is 1. The second-order valence-corrected chi connectivity index (χ2v) is 6.62. The molecule has 0 aliphatic heterocycles. The number of ether oxygens (including phenoxy) is 1. The van der Waals surface area contributed by atoms with Gasteiger partial charge >= 0.3 is 12.0 Å². The summed E-state index contributed by atoms with van der Waals surface area (Å²) in [4.78, 5) is 35.2. The van der Waals surface area contributed by atoms with Gasteiger partial charge in [0.1, 0.15) is 0 Å². The van der Waals surface area contributed by atoms with Crippen LogP contribution in [0.2, 0.25) is 5.02 Å². The molecule has 0 unspecified atom stereocenters. The van der Waals surface area contributed by atoms with E-state index in [2.05, 4.69) is 10.6 Å². The molecular formula is C20H22ClN3O4. The third-order valence-electron chi connectivity index (χ3n) is 4.06. The normalized spacial score (nSPS) is 11.4. The van der Waals surface area contributed by atoms with Gasteiger partial charge in [-0.2, -0.15) is 0 Å². The Morgan fingerprint density at radius 3 is 2.43 bits per heavy atom. The molecule has 0 radical (unpaired) electrons. The largest absolute Gasteiger partial charge is 0.456 e. The summed E-state index contributed by atoms with van der Waals surface area (Å²) in [7, 11) is 0. The van der Waals surface area contributed by atoms with E-state index in [9.17, 15) is 14.4 Å². The summed E-state index contributed by atoms with van der Waals surface area (Å²) in [6.45, 7) is 1.89. The minimum atomic E-state index is -0.774. The fraction of sp³-hybridized carbons (Fsp3) is 0.250. The van der Waals surface area contributed by atoms with Crippen molar-refractivity contribution in [3.63, 3.8) is 0 Å². The Morgan fingerprint density at radius 1 is 1.11 bits per heavy atom. The number of aryl methyl sites for hydroxylation is 1. The van der Waals surface area contributed by atoms with E-state index in [1.807, 2.05) is 31.2 Å². The van der Waals surface area contributed by atoms with Crippen LogP contribution in [0, 0.1) is 6.92 Å². The van der Waals surface area contributed by atoms with Crippen LogP contribution in [0.15, 0.2) is 48.5 Å². The van der Waals surface area contributed by atoms with E-state index in [1.54, 1.807) is 24.3 Å². The molecule has 0 heterocycles. The number of hydrogen-bond acceptors (Lipinski definition) is 4. The van der Waals surface area contributed by atoms with Crippen molar-refractivity contribution >= 4 is 29.5 Å². The predicted molar refractivity (Wildman–Crippen MR) is 106 cm³/mol. The van der Waals surface area contributed by atoms with Crippen molar-refractivity contribution in [2.75, 3.05) is 6.61 Å². The number of hydrogen-bond donors (Lipinski definition) is 3. The van der Waals surface area contributed by atoms with Gasteiger partial charge in [-0.1, -0.05) is 48.0 Å². The maximum Gasteiger partial charge on any atom is 0.312 e. The summed E-state index contributed by atoms with van der Waals surface area (Å²) < 4.78 is 5.01. The summed E-state index contributed by atoms with van der Waals surface area (Å²) in [6.07, 6.45) is -0.171. The molecular weight excluding hydrogens is 382 g/mol. The average molecular weight is 404 g/mol. The molecule has 0 fully saturated rings.